The molecule has 5 N–H and O–H groups in total. The second-order valence-corrected chi connectivity index (χ2v) is 6.66. The molecule has 0 radical (unpaired) electrons. The number of carbonyl (C=O) groups is 1. The second kappa shape index (κ2) is 10.5. The van der Waals surface area contributed by atoms with Gasteiger partial charge in [-0.25, -0.2) is 16.4 Å². The molecule has 9 heteroatoms. The van der Waals surface area contributed by atoms with E-state index in [0.29, 0.717) is 18.9 Å². The van der Waals surface area contributed by atoms with Crippen molar-refractivity contribution in [2.45, 2.75) is 13.5 Å². The number of halogens is 1. The van der Waals surface area contributed by atoms with Crippen molar-refractivity contribution in [1.29, 1.82) is 0 Å². The Balaban J connectivity index is 0.000000640. The van der Waals surface area contributed by atoms with Crippen LogP contribution in [0, 0.1) is 6.92 Å². The van der Waals surface area contributed by atoms with Crippen LogP contribution in [0.5, 0.6) is 5.88 Å². The molecule has 1 amide bonds. The Hall–Kier alpha value is -2.88. The zero-order valence-corrected chi connectivity index (χ0v) is 17.3. The summed E-state index contributed by atoms with van der Waals surface area (Å²) < 4.78 is 8.64. The quantitative estimate of drug-likeness (QED) is 0.232. The average molecular weight is 447 g/mol. The van der Waals surface area contributed by atoms with Crippen LogP contribution >= 0.6 is 15.9 Å². The normalized spacial score (nSPS) is 9.89. The third kappa shape index (κ3) is 5.56. The molecule has 1 aromatic heterocycles. The fraction of sp³-hybridized carbons (Fsp3) is 0.158. The summed E-state index contributed by atoms with van der Waals surface area (Å²) in [5.74, 6) is 10.9. The highest BCUT2D eigenvalue weighted by molar-refractivity contribution is 9.10. The van der Waals surface area contributed by atoms with Gasteiger partial charge in [-0.3, -0.25) is 10.2 Å². The number of carbonyl (C=O) groups excluding carboxylic acids is 1. The molecule has 8 nitrogen and oxygen atoms in total. The smallest absolute Gasteiger partial charge is 0.233 e. The Labute approximate surface area is 172 Å². The number of rotatable bonds is 6. The van der Waals surface area contributed by atoms with Crippen LogP contribution in [-0.4, -0.2) is 23.2 Å². The van der Waals surface area contributed by atoms with Crippen molar-refractivity contribution in [3.05, 3.63) is 70.3 Å². The SMILES string of the molecule is Cc1cccc(N(C)N)c1COc1ccn(-c2ccccc2Br)n1.NNC=O. The van der Waals surface area contributed by atoms with E-state index in [2.05, 4.69) is 26.9 Å². The van der Waals surface area contributed by atoms with Gasteiger partial charge in [0, 0.05) is 29.3 Å². The lowest BCUT2D eigenvalue weighted by atomic mass is 10.1. The maximum atomic E-state index is 8.94. The summed E-state index contributed by atoms with van der Waals surface area (Å²) in [6.45, 7) is 2.46. The van der Waals surface area contributed by atoms with Crippen LogP contribution in [0.3, 0.4) is 0 Å². The van der Waals surface area contributed by atoms with E-state index in [1.807, 2.05) is 68.7 Å². The standard InChI is InChI=1S/C18H19BrN4O.CH4N2O/c1-13-6-5-9-16(22(2)20)14(13)12-24-18-10-11-23(21-18)17-8-4-3-7-15(17)19;2-3-1-4/h3-11H,12,20H2,1-2H3;1H,2H2,(H,3,4). The van der Waals surface area contributed by atoms with Crippen molar-refractivity contribution in [2.75, 3.05) is 12.1 Å². The number of aromatic nitrogens is 2. The van der Waals surface area contributed by atoms with Crippen molar-refractivity contribution >= 4 is 28.0 Å². The number of aryl methyl sites for hydroxylation is 1. The Kier molecular flexibility index (Phi) is 8.00. The first kappa shape index (κ1) is 21.4. The molecule has 3 rings (SSSR count). The van der Waals surface area contributed by atoms with Gasteiger partial charge in [-0.15, -0.1) is 5.10 Å². The van der Waals surface area contributed by atoms with E-state index in [4.69, 9.17) is 15.4 Å². The van der Waals surface area contributed by atoms with E-state index in [1.165, 1.54) is 0 Å². The van der Waals surface area contributed by atoms with Gasteiger partial charge in [0.1, 0.15) is 6.61 Å². The molecule has 2 aromatic carbocycles. The number of amides is 1. The molecule has 3 aromatic rings. The Bertz CT molecular complexity index is 913. The van der Waals surface area contributed by atoms with Gasteiger partial charge >= 0.3 is 0 Å². The summed E-state index contributed by atoms with van der Waals surface area (Å²) in [4.78, 5) is 8.94. The Morgan fingerprint density at radius 1 is 1.25 bits per heavy atom. The van der Waals surface area contributed by atoms with E-state index in [-0.39, 0.29) is 0 Å². The summed E-state index contributed by atoms with van der Waals surface area (Å²) in [6.07, 6.45) is 2.28. The zero-order valence-electron chi connectivity index (χ0n) is 15.7. The van der Waals surface area contributed by atoms with Gasteiger partial charge in [-0.2, -0.15) is 0 Å². The van der Waals surface area contributed by atoms with Crippen LogP contribution in [0.15, 0.2) is 59.2 Å². The predicted molar refractivity (Wildman–Crippen MR) is 113 cm³/mol. The number of hydrogen-bond donors (Lipinski definition) is 3. The lowest BCUT2D eigenvalue weighted by Crippen LogP contribution is -2.26. The van der Waals surface area contributed by atoms with Crippen LogP contribution < -0.4 is 26.9 Å². The van der Waals surface area contributed by atoms with Crippen LogP contribution in [-0.2, 0) is 11.4 Å². The van der Waals surface area contributed by atoms with Gasteiger partial charge in [0.05, 0.1) is 11.4 Å². The second-order valence-electron chi connectivity index (χ2n) is 5.81. The van der Waals surface area contributed by atoms with Crippen LogP contribution in [0.4, 0.5) is 5.69 Å². The Morgan fingerprint density at radius 3 is 2.61 bits per heavy atom. The van der Waals surface area contributed by atoms with E-state index >= 15 is 0 Å². The van der Waals surface area contributed by atoms with Crippen LogP contribution in [0.25, 0.3) is 5.69 Å². The monoisotopic (exact) mass is 446 g/mol. The van der Waals surface area contributed by atoms with Gasteiger partial charge in [0.2, 0.25) is 12.3 Å². The molecule has 148 valence electrons. The third-order valence-electron chi connectivity index (χ3n) is 3.86. The molecule has 0 saturated heterocycles. The fourth-order valence-electron chi connectivity index (χ4n) is 2.51. The molecule has 0 bridgehead atoms. The van der Waals surface area contributed by atoms with Crippen LogP contribution in [0.2, 0.25) is 0 Å². The summed E-state index contributed by atoms with van der Waals surface area (Å²) >= 11 is 3.53. The number of nitrogens with zero attached hydrogens (tertiary/aromatic N) is 3. The first-order valence-corrected chi connectivity index (χ1v) is 9.17. The lowest BCUT2D eigenvalue weighted by Gasteiger charge is -2.18. The van der Waals surface area contributed by atoms with E-state index < -0.39 is 0 Å². The van der Waals surface area contributed by atoms with Gasteiger partial charge < -0.3 is 9.75 Å². The molecule has 0 atom stereocenters. The van der Waals surface area contributed by atoms with E-state index in [1.54, 1.807) is 15.1 Å². The molecule has 0 unspecified atom stereocenters. The predicted octanol–water partition coefficient (Wildman–Crippen LogP) is 2.44. The minimum Gasteiger partial charge on any atom is -0.472 e. The molecule has 1 heterocycles. The van der Waals surface area contributed by atoms with E-state index in [0.717, 1.165) is 27.0 Å². The van der Waals surface area contributed by atoms with Gasteiger partial charge in [0.15, 0.2) is 0 Å². The van der Waals surface area contributed by atoms with Crippen molar-refractivity contribution in [2.24, 2.45) is 11.7 Å². The van der Waals surface area contributed by atoms with Crippen molar-refractivity contribution < 1.29 is 9.53 Å². The first-order valence-electron chi connectivity index (χ1n) is 8.38. The molecular formula is C19H23BrN6O2. The molecule has 0 spiro atoms. The molecule has 0 aliphatic heterocycles. The third-order valence-corrected chi connectivity index (χ3v) is 4.53. The Morgan fingerprint density at radius 2 is 1.96 bits per heavy atom. The minimum absolute atomic E-state index is 0.403. The number of benzene rings is 2. The van der Waals surface area contributed by atoms with Crippen LogP contribution in [0.1, 0.15) is 11.1 Å². The summed E-state index contributed by atoms with van der Waals surface area (Å²) in [6, 6.07) is 15.8. The highest BCUT2D eigenvalue weighted by atomic mass is 79.9. The largest absolute Gasteiger partial charge is 0.472 e. The number of hydrogen-bond acceptors (Lipinski definition) is 6. The average Bonchev–Trinajstić information content (AvgIpc) is 3.16. The molecule has 0 saturated carbocycles. The highest BCUT2D eigenvalue weighted by Gasteiger charge is 2.10. The molecule has 0 aliphatic carbocycles. The number of nitrogens with two attached hydrogens (primary N) is 2. The minimum atomic E-state index is 0.403. The highest BCUT2D eigenvalue weighted by Crippen LogP contribution is 2.24. The van der Waals surface area contributed by atoms with Crippen molar-refractivity contribution in [1.82, 2.24) is 15.2 Å². The topological polar surface area (TPSA) is 111 Å². The van der Waals surface area contributed by atoms with Gasteiger partial charge in [0.25, 0.3) is 0 Å². The number of anilines is 1. The van der Waals surface area contributed by atoms with Crippen molar-refractivity contribution in [3.8, 4) is 11.6 Å². The summed E-state index contributed by atoms with van der Waals surface area (Å²) in [7, 11) is 1.82. The number of para-hydroxylation sites is 1. The van der Waals surface area contributed by atoms with Gasteiger partial charge in [-0.05, 0) is 46.6 Å². The van der Waals surface area contributed by atoms with Crippen molar-refractivity contribution in [3.63, 3.8) is 0 Å². The number of hydrazine groups is 2. The number of nitrogens with one attached hydrogen (secondary N) is 1. The maximum Gasteiger partial charge on any atom is 0.233 e. The number of ether oxygens (including phenoxy) is 1. The summed E-state index contributed by atoms with van der Waals surface area (Å²) in [5.41, 5.74) is 5.85. The maximum absolute atomic E-state index is 8.94. The fourth-order valence-corrected chi connectivity index (χ4v) is 2.97. The zero-order chi connectivity index (χ0) is 20.5. The first-order chi connectivity index (χ1) is 13.5. The summed E-state index contributed by atoms with van der Waals surface area (Å²) in [5, 5.41) is 6.08. The molecule has 0 fully saturated rings. The lowest BCUT2D eigenvalue weighted by molar-refractivity contribution is -0.109. The molecule has 28 heavy (non-hydrogen) atoms. The molecule has 0 aliphatic rings. The molecular weight excluding hydrogens is 424 g/mol. The van der Waals surface area contributed by atoms with Gasteiger partial charge in [-0.1, -0.05) is 24.3 Å². The van der Waals surface area contributed by atoms with E-state index in [9.17, 15) is 0 Å².